The van der Waals surface area contributed by atoms with Gasteiger partial charge in [0, 0.05) is 6.04 Å². The van der Waals surface area contributed by atoms with Gasteiger partial charge in [-0.3, -0.25) is 0 Å². The van der Waals surface area contributed by atoms with Crippen LogP contribution in [0.5, 0.6) is 5.75 Å². The second-order valence-corrected chi connectivity index (χ2v) is 5.12. The van der Waals surface area contributed by atoms with Crippen LogP contribution in [0.4, 0.5) is 5.69 Å². The minimum Gasteiger partial charge on any atom is -0.492 e. The predicted molar refractivity (Wildman–Crippen MR) is 77.3 cm³/mol. The van der Waals surface area contributed by atoms with Gasteiger partial charge in [0.1, 0.15) is 5.75 Å². The Morgan fingerprint density at radius 2 is 1.72 bits per heavy atom. The van der Waals surface area contributed by atoms with Crippen molar-refractivity contribution < 1.29 is 4.74 Å². The van der Waals surface area contributed by atoms with Gasteiger partial charge in [0.15, 0.2) is 0 Å². The Morgan fingerprint density at radius 3 is 2.44 bits per heavy atom. The maximum absolute atomic E-state index is 5.67. The van der Waals surface area contributed by atoms with Gasteiger partial charge in [0.25, 0.3) is 0 Å². The molecule has 0 saturated heterocycles. The molecule has 100 valence electrons. The molecule has 0 spiro atoms. The van der Waals surface area contributed by atoms with Gasteiger partial charge >= 0.3 is 0 Å². The van der Waals surface area contributed by atoms with E-state index in [0.29, 0.717) is 6.04 Å². The summed E-state index contributed by atoms with van der Waals surface area (Å²) in [5.74, 6) is 0.988. The van der Waals surface area contributed by atoms with Crippen molar-refractivity contribution in [2.75, 3.05) is 11.9 Å². The molecule has 1 aliphatic rings. The van der Waals surface area contributed by atoms with E-state index >= 15 is 0 Å². The number of ether oxygens (including phenoxy) is 1. The van der Waals surface area contributed by atoms with Gasteiger partial charge in [-0.1, -0.05) is 44.2 Å². The SMILES string of the molecule is CCOc1ccccc1NC1CCCCCCC1. The molecule has 1 saturated carbocycles. The van der Waals surface area contributed by atoms with Crippen LogP contribution in [0.25, 0.3) is 0 Å². The number of rotatable bonds is 4. The monoisotopic (exact) mass is 247 g/mol. The molecule has 0 bridgehead atoms. The van der Waals surface area contributed by atoms with Crippen molar-refractivity contribution in [2.24, 2.45) is 0 Å². The lowest BCUT2D eigenvalue weighted by Crippen LogP contribution is -2.21. The van der Waals surface area contributed by atoms with Gasteiger partial charge in [0.2, 0.25) is 0 Å². The van der Waals surface area contributed by atoms with Gasteiger partial charge in [-0.15, -0.1) is 0 Å². The highest BCUT2D eigenvalue weighted by Crippen LogP contribution is 2.27. The second-order valence-electron chi connectivity index (χ2n) is 5.12. The molecule has 1 aliphatic carbocycles. The maximum atomic E-state index is 5.67. The molecule has 0 radical (unpaired) electrons. The van der Waals surface area contributed by atoms with Gasteiger partial charge in [-0.2, -0.15) is 0 Å². The minimum atomic E-state index is 0.618. The fourth-order valence-electron chi connectivity index (χ4n) is 2.69. The fourth-order valence-corrected chi connectivity index (χ4v) is 2.69. The standard InChI is InChI=1S/C16H25NO/c1-2-18-16-13-9-8-12-15(16)17-14-10-6-4-3-5-7-11-14/h8-9,12-14,17H,2-7,10-11H2,1H3. The van der Waals surface area contributed by atoms with Crippen LogP contribution in [-0.2, 0) is 0 Å². The van der Waals surface area contributed by atoms with Gasteiger partial charge in [-0.05, 0) is 31.9 Å². The Bertz CT molecular complexity index is 343. The fraction of sp³-hybridized carbons (Fsp3) is 0.625. The van der Waals surface area contributed by atoms with Crippen molar-refractivity contribution >= 4 is 5.69 Å². The van der Waals surface area contributed by atoms with Crippen molar-refractivity contribution in [3.05, 3.63) is 24.3 Å². The summed E-state index contributed by atoms with van der Waals surface area (Å²) in [5, 5.41) is 3.68. The first-order chi connectivity index (χ1) is 8.90. The van der Waals surface area contributed by atoms with Crippen molar-refractivity contribution in [3.8, 4) is 5.75 Å². The zero-order valence-corrected chi connectivity index (χ0v) is 11.5. The molecule has 0 unspecified atom stereocenters. The van der Waals surface area contributed by atoms with Gasteiger partial charge < -0.3 is 10.1 Å². The molecule has 1 aromatic carbocycles. The minimum absolute atomic E-state index is 0.618. The average molecular weight is 247 g/mol. The summed E-state index contributed by atoms with van der Waals surface area (Å²) in [7, 11) is 0. The van der Waals surface area contributed by atoms with Crippen LogP contribution in [0.3, 0.4) is 0 Å². The van der Waals surface area contributed by atoms with Crippen LogP contribution >= 0.6 is 0 Å². The van der Waals surface area contributed by atoms with E-state index in [0.717, 1.165) is 18.0 Å². The first-order valence-electron chi connectivity index (χ1n) is 7.38. The summed E-state index contributed by atoms with van der Waals surface area (Å²) >= 11 is 0. The van der Waals surface area contributed by atoms with E-state index < -0.39 is 0 Å². The van der Waals surface area contributed by atoms with Gasteiger partial charge in [-0.25, -0.2) is 0 Å². The number of anilines is 1. The molecule has 0 aliphatic heterocycles. The molecule has 0 amide bonds. The molecule has 0 aromatic heterocycles. The lowest BCUT2D eigenvalue weighted by atomic mass is 9.96. The molecule has 2 heteroatoms. The lowest BCUT2D eigenvalue weighted by Gasteiger charge is -2.23. The predicted octanol–water partition coefficient (Wildman–Crippen LogP) is 4.61. The van der Waals surface area contributed by atoms with Crippen molar-refractivity contribution in [1.29, 1.82) is 0 Å². The zero-order valence-electron chi connectivity index (χ0n) is 11.5. The molecule has 1 N–H and O–H groups in total. The highest BCUT2D eigenvalue weighted by Gasteiger charge is 2.12. The summed E-state index contributed by atoms with van der Waals surface area (Å²) in [6.07, 6.45) is 9.50. The van der Waals surface area contributed by atoms with E-state index in [2.05, 4.69) is 23.5 Å². The summed E-state index contributed by atoms with van der Waals surface area (Å²) < 4.78 is 5.67. The summed E-state index contributed by atoms with van der Waals surface area (Å²) in [6, 6.07) is 8.91. The molecule has 2 nitrogen and oxygen atoms in total. The quantitative estimate of drug-likeness (QED) is 0.839. The Labute approximate surface area is 111 Å². The highest BCUT2D eigenvalue weighted by molar-refractivity contribution is 5.56. The van der Waals surface area contributed by atoms with Crippen LogP contribution in [0.15, 0.2) is 24.3 Å². The van der Waals surface area contributed by atoms with E-state index in [9.17, 15) is 0 Å². The molecule has 0 heterocycles. The van der Waals surface area contributed by atoms with Crippen LogP contribution in [0.1, 0.15) is 51.9 Å². The highest BCUT2D eigenvalue weighted by atomic mass is 16.5. The zero-order chi connectivity index (χ0) is 12.6. The average Bonchev–Trinajstić information content (AvgIpc) is 2.35. The number of para-hydroxylation sites is 2. The third kappa shape index (κ3) is 3.94. The van der Waals surface area contributed by atoms with Crippen LogP contribution < -0.4 is 10.1 Å². The first-order valence-corrected chi connectivity index (χ1v) is 7.38. The van der Waals surface area contributed by atoms with Crippen LogP contribution in [0, 0.1) is 0 Å². The number of benzene rings is 1. The summed E-state index contributed by atoms with van der Waals surface area (Å²) in [5.41, 5.74) is 1.16. The first kappa shape index (κ1) is 13.3. The molecule has 0 atom stereocenters. The van der Waals surface area contributed by atoms with Crippen molar-refractivity contribution in [1.82, 2.24) is 0 Å². The second kappa shape index (κ2) is 7.30. The largest absolute Gasteiger partial charge is 0.492 e. The van der Waals surface area contributed by atoms with Crippen LogP contribution in [0.2, 0.25) is 0 Å². The molecule has 2 rings (SSSR count). The van der Waals surface area contributed by atoms with E-state index in [1.54, 1.807) is 0 Å². The topological polar surface area (TPSA) is 21.3 Å². The molecular weight excluding hydrogens is 222 g/mol. The summed E-state index contributed by atoms with van der Waals surface area (Å²) in [4.78, 5) is 0. The molecule has 1 fully saturated rings. The third-order valence-electron chi connectivity index (χ3n) is 3.65. The normalized spacial score (nSPS) is 17.8. The number of nitrogens with one attached hydrogen (secondary N) is 1. The Morgan fingerprint density at radius 1 is 1.06 bits per heavy atom. The maximum Gasteiger partial charge on any atom is 0.142 e. The van der Waals surface area contributed by atoms with E-state index in [1.165, 1.54) is 44.9 Å². The van der Waals surface area contributed by atoms with E-state index in [1.807, 2.05) is 13.0 Å². The summed E-state index contributed by atoms with van der Waals surface area (Å²) in [6.45, 7) is 2.76. The van der Waals surface area contributed by atoms with Crippen LogP contribution in [-0.4, -0.2) is 12.6 Å². The molecule has 18 heavy (non-hydrogen) atoms. The smallest absolute Gasteiger partial charge is 0.142 e. The van der Waals surface area contributed by atoms with Gasteiger partial charge in [0.05, 0.1) is 12.3 Å². The molecular formula is C16H25NO. The number of hydrogen-bond donors (Lipinski definition) is 1. The van der Waals surface area contributed by atoms with E-state index in [4.69, 9.17) is 4.74 Å². The van der Waals surface area contributed by atoms with Crippen molar-refractivity contribution in [2.45, 2.75) is 57.9 Å². The Balaban J connectivity index is 1.98. The Kier molecular flexibility index (Phi) is 5.37. The number of hydrogen-bond acceptors (Lipinski definition) is 2. The Hall–Kier alpha value is -1.18. The third-order valence-corrected chi connectivity index (χ3v) is 3.65. The lowest BCUT2D eigenvalue weighted by molar-refractivity contribution is 0.341. The molecule has 1 aromatic rings. The van der Waals surface area contributed by atoms with E-state index in [-0.39, 0.29) is 0 Å². The van der Waals surface area contributed by atoms with Crippen molar-refractivity contribution in [3.63, 3.8) is 0 Å².